The fraction of sp³-hybridized carbons (Fsp3) is 0.364. The molecule has 2 aromatic rings. The lowest BCUT2D eigenvalue weighted by Crippen LogP contribution is -2.29. The highest BCUT2D eigenvalue weighted by Crippen LogP contribution is 2.30. The molecule has 0 aromatic heterocycles. The van der Waals surface area contributed by atoms with Gasteiger partial charge in [-0.15, -0.1) is 0 Å². The molecule has 0 unspecified atom stereocenters. The zero-order valence-electron chi connectivity index (χ0n) is 16.7. The van der Waals surface area contributed by atoms with E-state index in [1.807, 2.05) is 36.4 Å². The summed E-state index contributed by atoms with van der Waals surface area (Å²) in [7, 11) is 3.43. The minimum Gasteiger partial charge on any atom is -0.483 e. The largest absolute Gasteiger partial charge is 0.483 e. The van der Waals surface area contributed by atoms with Crippen LogP contribution in [0, 0.1) is 0 Å². The Morgan fingerprint density at radius 2 is 1.63 bits per heavy atom. The van der Waals surface area contributed by atoms with Gasteiger partial charge in [0.25, 0.3) is 11.8 Å². The molecule has 2 aromatic carbocycles. The van der Waals surface area contributed by atoms with Crippen LogP contribution in [-0.4, -0.2) is 37.4 Å². The molecule has 2 amide bonds. The topological polar surface area (TPSA) is 58.6 Å². The summed E-state index contributed by atoms with van der Waals surface area (Å²) >= 11 is 0. The number of carbonyl (C=O) groups excluding carboxylic acids is 2. The van der Waals surface area contributed by atoms with Crippen molar-refractivity contribution in [2.24, 2.45) is 0 Å². The lowest BCUT2D eigenvalue weighted by Gasteiger charge is -2.22. The summed E-state index contributed by atoms with van der Waals surface area (Å²) < 4.78 is 5.73. The van der Waals surface area contributed by atoms with E-state index in [0.717, 1.165) is 16.9 Å². The number of amides is 2. The molecule has 0 atom stereocenters. The number of carbonyl (C=O) groups is 2. The van der Waals surface area contributed by atoms with Gasteiger partial charge in [0.1, 0.15) is 5.75 Å². The second-order valence-electron chi connectivity index (χ2n) is 7.71. The molecule has 0 saturated heterocycles. The first-order chi connectivity index (χ1) is 12.7. The molecule has 0 aliphatic rings. The van der Waals surface area contributed by atoms with Gasteiger partial charge in [-0.05, 0) is 34.7 Å². The molecule has 1 N–H and O–H groups in total. The summed E-state index contributed by atoms with van der Waals surface area (Å²) in [5.41, 5.74) is 2.56. The lowest BCUT2D eigenvalue weighted by atomic mass is 9.86. The predicted molar refractivity (Wildman–Crippen MR) is 107 cm³/mol. The van der Waals surface area contributed by atoms with Crippen LogP contribution in [0.3, 0.4) is 0 Å². The zero-order chi connectivity index (χ0) is 20.0. The summed E-state index contributed by atoms with van der Waals surface area (Å²) in [5.74, 6) is 0.496. The van der Waals surface area contributed by atoms with Crippen LogP contribution in [0.4, 0.5) is 0 Å². The number of para-hydroxylation sites is 1. The molecule has 0 heterocycles. The highest BCUT2D eigenvalue weighted by atomic mass is 16.5. The van der Waals surface area contributed by atoms with Gasteiger partial charge in [-0.3, -0.25) is 9.59 Å². The van der Waals surface area contributed by atoms with E-state index in [2.05, 4.69) is 26.1 Å². The van der Waals surface area contributed by atoms with Crippen molar-refractivity contribution >= 4 is 11.8 Å². The third-order valence-electron chi connectivity index (χ3n) is 4.15. The lowest BCUT2D eigenvalue weighted by molar-refractivity contribution is -0.123. The number of nitrogens with one attached hydrogen (secondary N) is 1. The van der Waals surface area contributed by atoms with Gasteiger partial charge in [0.15, 0.2) is 6.61 Å². The van der Waals surface area contributed by atoms with Gasteiger partial charge in [-0.25, -0.2) is 0 Å². The first kappa shape index (κ1) is 20.5. The minimum atomic E-state index is -0.188. The molecule has 5 nitrogen and oxygen atoms in total. The third-order valence-corrected chi connectivity index (χ3v) is 4.15. The van der Waals surface area contributed by atoms with Gasteiger partial charge in [-0.2, -0.15) is 0 Å². The standard InChI is InChI=1S/C22H28N2O3/c1-22(2,3)18-8-6-7-9-19(18)27-15-20(25)23-14-16-10-12-17(13-11-16)21(26)24(4)5/h6-13H,14-15H2,1-5H3,(H,23,25). The quantitative estimate of drug-likeness (QED) is 0.850. The average molecular weight is 368 g/mol. The Bertz CT molecular complexity index is 790. The maximum absolute atomic E-state index is 12.1. The molecule has 0 fully saturated rings. The normalized spacial score (nSPS) is 11.0. The monoisotopic (exact) mass is 368 g/mol. The molecular formula is C22H28N2O3. The predicted octanol–water partition coefficient (Wildman–Crippen LogP) is 3.38. The van der Waals surface area contributed by atoms with E-state index in [1.54, 1.807) is 26.2 Å². The van der Waals surface area contributed by atoms with Crippen molar-refractivity contribution in [3.8, 4) is 5.75 Å². The van der Waals surface area contributed by atoms with Gasteiger partial charge < -0.3 is 15.0 Å². The number of benzene rings is 2. The number of hydrogen-bond donors (Lipinski definition) is 1. The van der Waals surface area contributed by atoms with Crippen LogP contribution in [0.2, 0.25) is 0 Å². The molecule has 144 valence electrons. The zero-order valence-corrected chi connectivity index (χ0v) is 16.7. The Hall–Kier alpha value is -2.82. The Labute approximate surface area is 161 Å². The van der Waals surface area contributed by atoms with E-state index >= 15 is 0 Å². The fourth-order valence-electron chi connectivity index (χ4n) is 2.63. The average Bonchev–Trinajstić information content (AvgIpc) is 2.64. The van der Waals surface area contributed by atoms with Crippen molar-refractivity contribution in [1.82, 2.24) is 10.2 Å². The third kappa shape index (κ3) is 5.84. The molecule has 0 aliphatic heterocycles. The van der Waals surface area contributed by atoms with Crippen molar-refractivity contribution in [3.05, 3.63) is 65.2 Å². The van der Waals surface area contributed by atoms with Gasteiger partial charge in [-0.1, -0.05) is 51.1 Å². The van der Waals surface area contributed by atoms with Gasteiger partial charge in [0, 0.05) is 26.2 Å². The second-order valence-corrected chi connectivity index (χ2v) is 7.71. The maximum atomic E-state index is 12.1. The van der Waals surface area contributed by atoms with Crippen molar-refractivity contribution < 1.29 is 14.3 Å². The SMILES string of the molecule is CN(C)C(=O)c1ccc(CNC(=O)COc2ccccc2C(C)(C)C)cc1. The molecule has 0 spiro atoms. The summed E-state index contributed by atoms with van der Waals surface area (Å²) in [6, 6.07) is 15.0. The van der Waals surface area contributed by atoms with Crippen molar-refractivity contribution in [1.29, 1.82) is 0 Å². The Morgan fingerprint density at radius 1 is 1.00 bits per heavy atom. The number of nitrogens with zero attached hydrogens (tertiary/aromatic N) is 1. The Morgan fingerprint density at radius 3 is 2.22 bits per heavy atom. The number of ether oxygens (including phenoxy) is 1. The van der Waals surface area contributed by atoms with E-state index in [1.165, 1.54) is 4.90 Å². The molecule has 2 rings (SSSR count). The summed E-state index contributed by atoms with van der Waals surface area (Å²) in [6.45, 7) is 6.68. The molecule has 5 heteroatoms. The van der Waals surface area contributed by atoms with E-state index in [0.29, 0.717) is 12.1 Å². The summed E-state index contributed by atoms with van der Waals surface area (Å²) in [6.07, 6.45) is 0. The van der Waals surface area contributed by atoms with E-state index in [-0.39, 0.29) is 23.8 Å². The van der Waals surface area contributed by atoms with Gasteiger partial charge in [0.05, 0.1) is 0 Å². The van der Waals surface area contributed by atoms with E-state index < -0.39 is 0 Å². The van der Waals surface area contributed by atoms with Gasteiger partial charge in [0.2, 0.25) is 0 Å². The van der Waals surface area contributed by atoms with Crippen molar-refractivity contribution in [2.75, 3.05) is 20.7 Å². The first-order valence-corrected chi connectivity index (χ1v) is 8.98. The van der Waals surface area contributed by atoms with Crippen LogP contribution < -0.4 is 10.1 Å². The maximum Gasteiger partial charge on any atom is 0.258 e. The van der Waals surface area contributed by atoms with Crippen molar-refractivity contribution in [3.63, 3.8) is 0 Å². The highest BCUT2D eigenvalue weighted by molar-refractivity contribution is 5.93. The molecule has 0 saturated carbocycles. The fourth-order valence-corrected chi connectivity index (χ4v) is 2.63. The number of hydrogen-bond acceptors (Lipinski definition) is 3. The van der Waals surface area contributed by atoms with Crippen LogP contribution in [-0.2, 0) is 16.8 Å². The van der Waals surface area contributed by atoms with Crippen LogP contribution in [0.25, 0.3) is 0 Å². The molecule has 0 radical (unpaired) electrons. The smallest absolute Gasteiger partial charge is 0.258 e. The second kappa shape index (κ2) is 8.71. The Balaban J connectivity index is 1.88. The Kier molecular flexibility index (Phi) is 6.61. The van der Waals surface area contributed by atoms with Crippen LogP contribution in [0.1, 0.15) is 42.3 Å². The van der Waals surface area contributed by atoms with Crippen LogP contribution in [0.15, 0.2) is 48.5 Å². The van der Waals surface area contributed by atoms with Crippen LogP contribution >= 0.6 is 0 Å². The van der Waals surface area contributed by atoms with Gasteiger partial charge >= 0.3 is 0 Å². The molecule has 27 heavy (non-hydrogen) atoms. The van der Waals surface area contributed by atoms with Crippen LogP contribution in [0.5, 0.6) is 5.75 Å². The first-order valence-electron chi connectivity index (χ1n) is 8.98. The minimum absolute atomic E-state index is 0.0374. The van der Waals surface area contributed by atoms with E-state index in [9.17, 15) is 9.59 Å². The van der Waals surface area contributed by atoms with Crippen molar-refractivity contribution in [2.45, 2.75) is 32.7 Å². The summed E-state index contributed by atoms with van der Waals surface area (Å²) in [5, 5.41) is 2.84. The molecular weight excluding hydrogens is 340 g/mol. The van der Waals surface area contributed by atoms with E-state index in [4.69, 9.17) is 4.74 Å². The number of rotatable bonds is 6. The molecule has 0 bridgehead atoms. The molecule has 0 aliphatic carbocycles. The summed E-state index contributed by atoms with van der Waals surface area (Å²) in [4.78, 5) is 25.5. The highest BCUT2D eigenvalue weighted by Gasteiger charge is 2.18.